The number of hydrogen-bond donors (Lipinski definition) is 1. The fraction of sp³-hybridized carbons (Fsp3) is 0.615. The van der Waals surface area contributed by atoms with Gasteiger partial charge in [0.05, 0.1) is 0 Å². The van der Waals surface area contributed by atoms with Crippen LogP contribution in [-0.4, -0.2) is 25.1 Å². The maximum atomic E-state index is 4.50. The van der Waals surface area contributed by atoms with Gasteiger partial charge in [0.15, 0.2) is 0 Å². The lowest BCUT2D eigenvalue weighted by Crippen LogP contribution is -2.24. The largest absolute Gasteiger partial charge is 0.359 e. The Labute approximate surface area is 97.9 Å². The summed E-state index contributed by atoms with van der Waals surface area (Å²) in [5.74, 6) is 2.04. The van der Waals surface area contributed by atoms with Crippen molar-refractivity contribution in [3.63, 3.8) is 0 Å². The zero-order valence-electron chi connectivity index (χ0n) is 10.2. The van der Waals surface area contributed by atoms with Crippen molar-refractivity contribution in [2.45, 2.75) is 26.3 Å². The summed E-state index contributed by atoms with van der Waals surface area (Å²) in [6.45, 7) is 5.19. The lowest BCUT2D eigenvalue weighted by Gasteiger charge is -2.21. The molecule has 1 aliphatic carbocycles. The summed E-state index contributed by atoms with van der Waals surface area (Å²) in [4.78, 5) is 6.79. The van der Waals surface area contributed by atoms with E-state index in [4.69, 9.17) is 0 Å². The van der Waals surface area contributed by atoms with E-state index in [1.807, 2.05) is 12.3 Å². The monoisotopic (exact) mass is 219 g/mol. The molecule has 0 atom stereocenters. The zero-order valence-corrected chi connectivity index (χ0v) is 10.2. The molecule has 1 saturated carbocycles. The minimum Gasteiger partial charge on any atom is -0.359 e. The van der Waals surface area contributed by atoms with Crippen LogP contribution in [0.4, 0.5) is 5.82 Å². The molecule has 1 aromatic heterocycles. The van der Waals surface area contributed by atoms with Crippen molar-refractivity contribution < 1.29 is 0 Å². The van der Waals surface area contributed by atoms with Crippen LogP contribution in [0, 0.1) is 5.92 Å². The first-order chi connectivity index (χ1) is 7.81. The normalized spacial score (nSPS) is 15.1. The Kier molecular flexibility index (Phi) is 3.78. The molecule has 1 heterocycles. The summed E-state index contributed by atoms with van der Waals surface area (Å²) in [6, 6.07) is 4.18. The van der Waals surface area contributed by atoms with E-state index in [0.717, 1.165) is 31.4 Å². The fourth-order valence-electron chi connectivity index (χ4n) is 1.95. The summed E-state index contributed by atoms with van der Waals surface area (Å²) in [6.07, 6.45) is 4.66. The smallest absolute Gasteiger partial charge is 0.132 e. The van der Waals surface area contributed by atoms with E-state index in [1.54, 1.807) is 0 Å². The van der Waals surface area contributed by atoms with E-state index in [-0.39, 0.29) is 0 Å². The third-order valence-corrected chi connectivity index (χ3v) is 3.02. The molecule has 0 radical (unpaired) electrons. The molecule has 0 aliphatic heterocycles. The average molecular weight is 219 g/mol. The lowest BCUT2D eigenvalue weighted by atomic mass is 10.2. The van der Waals surface area contributed by atoms with Crippen molar-refractivity contribution in [1.29, 1.82) is 0 Å². The van der Waals surface area contributed by atoms with E-state index in [2.05, 4.69) is 35.2 Å². The van der Waals surface area contributed by atoms with Crippen LogP contribution < -0.4 is 10.2 Å². The molecular formula is C13H21N3. The molecule has 1 N–H and O–H groups in total. The molecule has 2 rings (SSSR count). The van der Waals surface area contributed by atoms with Crippen LogP contribution in [0.15, 0.2) is 18.3 Å². The predicted octanol–water partition coefficient (Wildman–Crippen LogP) is 2.04. The number of aromatic nitrogens is 1. The quantitative estimate of drug-likeness (QED) is 0.793. The van der Waals surface area contributed by atoms with Gasteiger partial charge in [0.2, 0.25) is 0 Å². The Bertz CT molecular complexity index is 334. The molecule has 1 fully saturated rings. The maximum absolute atomic E-state index is 4.50. The van der Waals surface area contributed by atoms with Gasteiger partial charge in [0.1, 0.15) is 5.82 Å². The molecule has 88 valence electrons. The lowest BCUT2D eigenvalue weighted by molar-refractivity contribution is 0.712. The first kappa shape index (κ1) is 11.4. The highest BCUT2D eigenvalue weighted by Crippen LogP contribution is 2.31. The molecule has 1 aromatic rings. The molecule has 0 amide bonds. The van der Waals surface area contributed by atoms with Crippen molar-refractivity contribution in [2.24, 2.45) is 5.92 Å². The van der Waals surface area contributed by atoms with Gasteiger partial charge in [-0.2, -0.15) is 0 Å². The van der Waals surface area contributed by atoms with Gasteiger partial charge < -0.3 is 10.2 Å². The molecule has 0 aromatic carbocycles. The van der Waals surface area contributed by atoms with Crippen molar-refractivity contribution in [3.8, 4) is 0 Å². The fourth-order valence-corrected chi connectivity index (χ4v) is 1.95. The summed E-state index contributed by atoms with van der Waals surface area (Å²) in [5, 5.41) is 3.36. The minimum atomic E-state index is 0.902. The van der Waals surface area contributed by atoms with Gasteiger partial charge in [0, 0.05) is 31.9 Å². The van der Waals surface area contributed by atoms with Gasteiger partial charge in [-0.3, -0.25) is 0 Å². The van der Waals surface area contributed by atoms with Gasteiger partial charge in [-0.15, -0.1) is 0 Å². The van der Waals surface area contributed by atoms with Gasteiger partial charge in [0.25, 0.3) is 0 Å². The molecule has 0 bridgehead atoms. The van der Waals surface area contributed by atoms with E-state index in [9.17, 15) is 0 Å². The first-order valence-electron chi connectivity index (χ1n) is 6.17. The molecule has 3 nitrogen and oxygen atoms in total. The number of pyridine rings is 1. The molecule has 16 heavy (non-hydrogen) atoms. The van der Waals surface area contributed by atoms with E-state index in [1.165, 1.54) is 18.4 Å². The van der Waals surface area contributed by atoms with Gasteiger partial charge in [-0.1, -0.05) is 13.0 Å². The maximum Gasteiger partial charge on any atom is 0.132 e. The highest BCUT2D eigenvalue weighted by molar-refractivity contribution is 5.46. The molecule has 3 heteroatoms. The Morgan fingerprint density at radius 1 is 1.50 bits per heavy atom. The molecule has 1 aliphatic rings. The van der Waals surface area contributed by atoms with Gasteiger partial charge >= 0.3 is 0 Å². The standard InChI is InChI=1S/C13H21N3/c1-3-14-9-12-5-4-8-15-13(12)16(2)10-11-6-7-11/h4-5,8,11,14H,3,6-7,9-10H2,1-2H3. The first-order valence-corrected chi connectivity index (χ1v) is 6.17. The van der Waals surface area contributed by atoms with Crippen molar-refractivity contribution in [2.75, 3.05) is 25.0 Å². The van der Waals surface area contributed by atoms with E-state index >= 15 is 0 Å². The van der Waals surface area contributed by atoms with E-state index < -0.39 is 0 Å². The van der Waals surface area contributed by atoms with Crippen LogP contribution in [0.1, 0.15) is 25.3 Å². The molecule has 0 spiro atoms. The Balaban J connectivity index is 2.04. The third kappa shape index (κ3) is 2.95. The summed E-state index contributed by atoms with van der Waals surface area (Å²) < 4.78 is 0. The van der Waals surface area contributed by atoms with Crippen LogP contribution in [0.2, 0.25) is 0 Å². The SMILES string of the molecule is CCNCc1cccnc1N(C)CC1CC1. The van der Waals surface area contributed by atoms with Gasteiger partial charge in [-0.05, 0) is 31.4 Å². The van der Waals surface area contributed by atoms with Crippen LogP contribution in [0.25, 0.3) is 0 Å². The molecule has 0 unspecified atom stereocenters. The van der Waals surface area contributed by atoms with Gasteiger partial charge in [-0.25, -0.2) is 4.98 Å². The molecule has 0 saturated heterocycles. The van der Waals surface area contributed by atoms with Crippen LogP contribution in [-0.2, 0) is 6.54 Å². The highest BCUT2D eigenvalue weighted by atomic mass is 15.2. The number of hydrogen-bond acceptors (Lipinski definition) is 3. The summed E-state index contributed by atoms with van der Waals surface area (Å²) in [5.41, 5.74) is 1.30. The summed E-state index contributed by atoms with van der Waals surface area (Å²) in [7, 11) is 2.15. The second-order valence-electron chi connectivity index (χ2n) is 4.59. The summed E-state index contributed by atoms with van der Waals surface area (Å²) >= 11 is 0. The predicted molar refractivity (Wildman–Crippen MR) is 67.6 cm³/mol. The topological polar surface area (TPSA) is 28.2 Å². The minimum absolute atomic E-state index is 0.902. The van der Waals surface area contributed by atoms with Crippen LogP contribution in [0.3, 0.4) is 0 Å². The number of rotatable bonds is 6. The highest BCUT2D eigenvalue weighted by Gasteiger charge is 2.23. The Morgan fingerprint density at radius 3 is 3.00 bits per heavy atom. The van der Waals surface area contributed by atoms with E-state index in [0.29, 0.717) is 0 Å². The van der Waals surface area contributed by atoms with Crippen molar-refractivity contribution in [3.05, 3.63) is 23.9 Å². The van der Waals surface area contributed by atoms with Crippen molar-refractivity contribution >= 4 is 5.82 Å². The Morgan fingerprint density at radius 2 is 2.31 bits per heavy atom. The Hall–Kier alpha value is -1.09. The third-order valence-electron chi connectivity index (χ3n) is 3.02. The second-order valence-corrected chi connectivity index (χ2v) is 4.59. The zero-order chi connectivity index (χ0) is 11.4. The molecular weight excluding hydrogens is 198 g/mol. The number of nitrogens with zero attached hydrogens (tertiary/aromatic N) is 2. The van der Waals surface area contributed by atoms with Crippen LogP contribution in [0.5, 0.6) is 0 Å². The number of anilines is 1. The number of nitrogens with one attached hydrogen (secondary N) is 1. The average Bonchev–Trinajstić information content (AvgIpc) is 3.10. The second kappa shape index (κ2) is 5.30. The van der Waals surface area contributed by atoms with Crippen LogP contribution >= 0.6 is 0 Å². The van der Waals surface area contributed by atoms with Crippen molar-refractivity contribution in [1.82, 2.24) is 10.3 Å².